The molecule has 1 N–H and O–H groups in total. The summed E-state index contributed by atoms with van der Waals surface area (Å²) >= 11 is 6.22. The van der Waals surface area contributed by atoms with Gasteiger partial charge in [0.15, 0.2) is 0 Å². The molecular weight excluding hydrogens is 406 g/mol. The van der Waals surface area contributed by atoms with Gasteiger partial charge in [-0.3, -0.25) is 0 Å². The molecule has 0 aromatic heterocycles. The van der Waals surface area contributed by atoms with E-state index in [-0.39, 0.29) is 6.61 Å². The van der Waals surface area contributed by atoms with Crippen LogP contribution < -0.4 is 4.74 Å². The van der Waals surface area contributed by atoms with Crippen molar-refractivity contribution in [3.8, 4) is 5.75 Å². The maximum Gasteiger partial charge on any atom is 0.119 e. The zero-order chi connectivity index (χ0) is 21.9. The molecular formula is C27H30ClNO2. The minimum atomic E-state index is 0.159. The maximum absolute atomic E-state index is 9.00. The molecule has 0 heterocycles. The normalized spacial score (nSPS) is 12.0. The minimum absolute atomic E-state index is 0.159. The van der Waals surface area contributed by atoms with Crippen LogP contribution in [0.2, 0.25) is 0 Å². The van der Waals surface area contributed by atoms with E-state index in [2.05, 4.69) is 60.7 Å². The third-order valence-electron chi connectivity index (χ3n) is 5.20. The molecule has 0 aliphatic rings. The van der Waals surface area contributed by atoms with Gasteiger partial charge in [0.05, 0.1) is 6.61 Å². The summed E-state index contributed by atoms with van der Waals surface area (Å²) in [7, 11) is 1.97. The molecule has 0 radical (unpaired) electrons. The number of aliphatic hydroxyl groups is 1. The van der Waals surface area contributed by atoms with E-state index in [1.165, 1.54) is 22.3 Å². The first kappa shape index (κ1) is 23.1. The molecule has 0 saturated heterocycles. The van der Waals surface area contributed by atoms with Crippen LogP contribution in [0.25, 0.3) is 11.1 Å². The lowest BCUT2D eigenvalue weighted by Crippen LogP contribution is -2.27. The van der Waals surface area contributed by atoms with Crippen LogP contribution in [0, 0.1) is 0 Å². The Bertz CT molecular complexity index is 940. The van der Waals surface area contributed by atoms with Crippen LogP contribution in [0.3, 0.4) is 0 Å². The summed E-state index contributed by atoms with van der Waals surface area (Å²) in [6.45, 7) is 2.16. The minimum Gasteiger partial charge on any atom is -0.492 e. The second kappa shape index (κ2) is 12.3. The molecule has 31 heavy (non-hydrogen) atoms. The molecule has 3 aromatic carbocycles. The second-order valence-electron chi connectivity index (χ2n) is 7.42. The number of hydrogen-bond donors (Lipinski definition) is 1. The number of benzene rings is 3. The molecule has 4 heteroatoms. The lowest BCUT2D eigenvalue weighted by molar-refractivity contribution is 0.192. The quantitative estimate of drug-likeness (QED) is 0.315. The number of hydrogen-bond acceptors (Lipinski definition) is 3. The van der Waals surface area contributed by atoms with Crippen LogP contribution in [-0.4, -0.2) is 49.2 Å². The van der Waals surface area contributed by atoms with Crippen molar-refractivity contribution in [1.82, 2.24) is 4.90 Å². The Kier molecular flexibility index (Phi) is 9.16. The van der Waals surface area contributed by atoms with Crippen molar-refractivity contribution in [1.29, 1.82) is 0 Å². The predicted molar refractivity (Wildman–Crippen MR) is 131 cm³/mol. The van der Waals surface area contributed by atoms with Crippen molar-refractivity contribution < 1.29 is 9.84 Å². The Labute approximate surface area is 190 Å². The highest BCUT2D eigenvalue weighted by Crippen LogP contribution is 2.35. The first-order valence-corrected chi connectivity index (χ1v) is 11.2. The zero-order valence-electron chi connectivity index (χ0n) is 18.0. The van der Waals surface area contributed by atoms with Crippen LogP contribution in [0.4, 0.5) is 0 Å². The van der Waals surface area contributed by atoms with Gasteiger partial charge in [0.1, 0.15) is 12.4 Å². The van der Waals surface area contributed by atoms with Crippen LogP contribution in [-0.2, 0) is 0 Å². The van der Waals surface area contributed by atoms with Gasteiger partial charge in [0, 0.05) is 19.0 Å². The van der Waals surface area contributed by atoms with Crippen molar-refractivity contribution in [3.63, 3.8) is 0 Å². The average molecular weight is 436 g/mol. The van der Waals surface area contributed by atoms with E-state index in [1.54, 1.807) is 0 Å². The largest absolute Gasteiger partial charge is 0.492 e. The summed E-state index contributed by atoms with van der Waals surface area (Å²) < 4.78 is 5.90. The Morgan fingerprint density at radius 1 is 0.806 bits per heavy atom. The molecule has 162 valence electrons. The Morgan fingerprint density at radius 3 is 1.97 bits per heavy atom. The monoisotopic (exact) mass is 435 g/mol. The highest BCUT2D eigenvalue weighted by atomic mass is 35.5. The fourth-order valence-corrected chi connectivity index (χ4v) is 3.78. The number of alkyl halides is 1. The van der Waals surface area contributed by atoms with Gasteiger partial charge in [0.25, 0.3) is 0 Å². The van der Waals surface area contributed by atoms with Gasteiger partial charge < -0.3 is 14.7 Å². The van der Waals surface area contributed by atoms with Crippen LogP contribution >= 0.6 is 11.6 Å². The molecule has 0 aliphatic heterocycles. The van der Waals surface area contributed by atoms with Crippen molar-refractivity contribution in [2.45, 2.75) is 6.42 Å². The summed E-state index contributed by atoms with van der Waals surface area (Å²) in [5.74, 6) is 1.40. The van der Waals surface area contributed by atoms with Gasteiger partial charge in [0.2, 0.25) is 0 Å². The van der Waals surface area contributed by atoms with Crippen molar-refractivity contribution in [2.24, 2.45) is 0 Å². The number of likely N-dealkylation sites (N-methyl/N-ethyl adjacent to an activating group) is 1. The average Bonchev–Trinajstić information content (AvgIpc) is 2.81. The molecule has 0 aliphatic carbocycles. The fraction of sp³-hybridized carbons (Fsp3) is 0.259. The van der Waals surface area contributed by atoms with Gasteiger partial charge in [-0.1, -0.05) is 72.8 Å². The summed E-state index contributed by atoms with van der Waals surface area (Å²) in [5.41, 5.74) is 5.93. The van der Waals surface area contributed by atoms with Crippen LogP contribution in [0.5, 0.6) is 5.75 Å². The highest BCUT2D eigenvalue weighted by molar-refractivity contribution is 6.18. The summed E-state index contributed by atoms with van der Waals surface area (Å²) in [6, 6.07) is 29.2. The SMILES string of the molecule is CN(CCO)CCOc1ccc(/C(=C(/CCCl)c2ccccc2)c2ccccc2)cc1. The number of nitrogens with zero attached hydrogens (tertiary/aromatic N) is 1. The molecule has 0 saturated carbocycles. The second-order valence-corrected chi connectivity index (χ2v) is 7.80. The van der Waals surface area contributed by atoms with Gasteiger partial charge in [-0.15, -0.1) is 11.6 Å². The van der Waals surface area contributed by atoms with Crippen LogP contribution in [0.1, 0.15) is 23.1 Å². The third kappa shape index (κ3) is 6.70. The Morgan fingerprint density at radius 2 is 1.39 bits per heavy atom. The van der Waals surface area contributed by atoms with E-state index in [0.717, 1.165) is 24.3 Å². The number of ether oxygens (including phenoxy) is 1. The molecule has 0 bridgehead atoms. The van der Waals surface area contributed by atoms with E-state index in [1.807, 2.05) is 36.2 Å². The molecule has 3 aromatic rings. The smallest absolute Gasteiger partial charge is 0.119 e. The Balaban J connectivity index is 1.92. The molecule has 0 unspecified atom stereocenters. The van der Waals surface area contributed by atoms with E-state index < -0.39 is 0 Å². The number of rotatable bonds is 11. The summed E-state index contributed by atoms with van der Waals surface area (Å²) in [6.07, 6.45) is 0.783. The molecule has 0 amide bonds. The first-order chi connectivity index (χ1) is 15.2. The summed E-state index contributed by atoms with van der Waals surface area (Å²) in [4.78, 5) is 2.04. The fourth-order valence-electron chi connectivity index (χ4n) is 3.59. The molecule has 3 rings (SSSR count). The standard InChI is InChI=1S/C27H30ClNO2/c1-29(18-20-30)19-21-31-25-14-12-24(13-15-25)27(23-10-6-3-7-11-23)26(16-17-28)22-8-4-2-5-9-22/h2-15,30H,16-21H2,1H3/b27-26-. The lowest BCUT2D eigenvalue weighted by atomic mass is 9.88. The summed E-state index contributed by atoms with van der Waals surface area (Å²) in [5, 5.41) is 9.00. The van der Waals surface area contributed by atoms with E-state index in [4.69, 9.17) is 21.4 Å². The van der Waals surface area contributed by atoms with Crippen molar-refractivity contribution >= 4 is 22.7 Å². The Hall–Kier alpha value is -2.59. The lowest BCUT2D eigenvalue weighted by Gasteiger charge is -2.18. The third-order valence-corrected chi connectivity index (χ3v) is 5.39. The van der Waals surface area contributed by atoms with E-state index >= 15 is 0 Å². The molecule has 3 nitrogen and oxygen atoms in total. The molecule has 0 atom stereocenters. The van der Waals surface area contributed by atoms with E-state index in [0.29, 0.717) is 19.0 Å². The highest BCUT2D eigenvalue weighted by Gasteiger charge is 2.14. The van der Waals surface area contributed by atoms with Crippen LogP contribution in [0.15, 0.2) is 84.9 Å². The molecule has 0 fully saturated rings. The maximum atomic E-state index is 9.00. The molecule has 0 spiro atoms. The van der Waals surface area contributed by atoms with Crippen molar-refractivity contribution in [2.75, 3.05) is 39.2 Å². The van der Waals surface area contributed by atoms with Gasteiger partial charge in [-0.2, -0.15) is 0 Å². The van der Waals surface area contributed by atoms with E-state index in [9.17, 15) is 0 Å². The number of halogens is 1. The predicted octanol–water partition coefficient (Wildman–Crippen LogP) is 5.58. The number of allylic oxidation sites excluding steroid dienone is 1. The van der Waals surface area contributed by atoms with Gasteiger partial charge >= 0.3 is 0 Å². The first-order valence-electron chi connectivity index (χ1n) is 10.7. The zero-order valence-corrected chi connectivity index (χ0v) is 18.8. The van der Waals surface area contributed by atoms with Gasteiger partial charge in [-0.05, 0) is 53.4 Å². The van der Waals surface area contributed by atoms with Crippen molar-refractivity contribution in [3.05, 3.63) is 102 Å². The van der Waals surface area contributed by atoms with Gasteiger partial charge in [-0.25, -0.2) is 0 Å². The number of aliphatic hydroxyl groups excluding tert-OH is 1. The topological polar surface area (TPSA) is 32.7 Å².